The Morgan fingerprint density at radius 2 is 1.78 bits per heavy atom. The van der Waals surface area contributed by atoms with Crippen molar-refractivity contribution in [2.24, 2.45) is 5.92 Å². The molecule has 5 nitrogen and oxygen atoms in total. The highest BCUT2D eigenvalue weighted by Crippen LogP contribution is 2.19. The number of nitrogens with zero attached hydrogens (tertiary/aromatic N) is 1. The van der Waals surface area contributed by atoms with E-state index in [4.69, 9.17) is 4.74 Å². The fourth-order valence-corrected chi connectivity index (χ4v) is 3.07. The van der Waals surface area contributed by atoms with Crippen molar-refractivity contribution in [3.8, 4) is 11.3 Å². The normalized spacial score (nSPS) is 13.1. The second-order valence-corrected chi connectivity index (χ2v) is 6.61. The second-order valence-electron chi connectivity index (χ2n) is 6.61. The van der Waals surface area contributed by atoms with E-state index in [0.717, 1.165) is 17.0 Å². The summed E-state index contributed by atoms with van der Waals surface area (Å²) in [5.74, 6) is -0.510. The van der Waals surface area contributed by atoms with E-state index < -0.39 is 0 Å². The minimum Gasteiger partial charge on any atom is -0.469 e. The number of hydrogen-bond donors (Lipinski definition) is 2. The molecule has 2 atom stereocenters. The SMILES string of the molecule is COC(=O)[C@@H](CN[C@H](C)c1ccccc1)Cc1cc(-c2ccccc2)n[nH]1. The molecule has 2 N–H and O–H groups in total. The summed E-state index contributed by atoms with van der Waals surface area (Å²) in [6, 6.07) is 22.3. The summed E-state index contributed by atoms with van der Waals surface area (Å²) in [5.41, 5.74) is 4.03. The third kappa shape index (κ3) is 5.05. The number of aromatic nitrogens is 2. The van der Waals surface area contributed by atoms with Gasteiger partial charge in [0.05, 0.1) is 18.7 Å². The molecule has 0 aliphatic rings. The topological polar surface area (TPSA) is 67.0 Å². The van der Waals surface area contributed by atoms with Crippen LogP contribution in [0.4, 0.5) is 0 Å². The van der Waals surface area contributed by atoms with Gasteiger partial charge in [0.15, 0.2) is 0 Å². The average molecular weight is 363 g/mol. The number of esters is 1. The Labute approximate surface area is 159 Å². The summed E-state index contributed by atoms with van der Waals surface area (Å²) in [5, 5.41) is 10.9. The molecule has 0 radical (unpaired) electrons. The van der Waals surface area contributed by atoms with Crippen LogP contribution in [0.3, 0.4) is 0 Å². The molecule has 0 amide bonds. The first-order valence-electron chi connectivity index (χ1n) is 9.13. The van der Waals surface area contributed by atoms with Gasteiger partial charge in [-0.25, -0.2) is 0 Å². The zero-order valence-electron chi connectivity index (χ0n) is 15.7. The predicted octanol–water partition coefficient (Wildman–Crippen LogP) is 3.76. The number of rotatable bonds is 8. The molecule has 0 saturated carbocycles. The molecule has 140 valence electrons. The van der Waals surface area contributed by atoms with Gasteiger partial charge < -0.3 is 10.1 Å². The summed E-state index contributed by atoms with van der Waals surface area (Å²) in [4.78, 5) is 12.2. The average Bonchev–Trinajstić information content (AvgIpc) is 3.20. The molecule has 1 heterocycles. The summed E-state index contributed by atoms with van der Waals surface area (Å²) >= 11 is 0. The standard InChI is InChI=1S/C22H25N3O2/c1-16(17-9-5-3-6-10-17)23-15-19(22(26)27-2)13-20-14-21(25-24-20)18-11-7-4-8-12-18/h3-12,14,16,19,23H,13,15H2,1-2H3,(H,24,25)/t16-,19-/m1/s1. The molecule has 0 aliphatic carbocycles. The molecule has 3 aromatic rings. The lowest BCUT2D eigenvalue weighted by molar-refractivity contribution is -0.145. The van der Waals surface area contributed by atoms with E-state index in [2.05, 4.69) is 34.6 Å². The number of hydrogen-bond acceptors (Lipinski definition) is 4. The van der Waals surface area contributed by atoms with Gasteiger partial charge in [-0.05, 0) is 18.6 Å². The first kappa shape index (κ1) is 18.9. The lowest BCUT2D eigenvalue weighted by Crippen LogP contribution is -2.32. The fourth-order valence-electron chi connectivity index (χ4n) is 3.07. The van der Waals surface area contributed by atoms with E-state index >= 15 is 0 Å². The number of benzene rings is 2. The summed E-state index contributed by atoms with van der Waals surface area (Å²) in [6.07, 6.45) is 0.543. The molecular weight excluding hydrogens is 338 g/mol. The first-order chi connectivity index (χ1) is 13.2. The number of aromatic amines is 1. The van der Waals surface area contributed by atoms with Gasteiger partial charge in [-0.15, -0.1) is 0 Å². The Morgan fingerprint density at radius 3 is 2.44 bits per heavy atom. The van der Waals surface area contributed by atoms with E-state index in [0.29, 0.717) is 13.0 Å². The van der Waals surface area contributed by atoms with Crippen molar-refractivity contribution in [3.63, 3.8) is 0 Å². The Hall–Kier alpha value is -2.92. The number of carbonyl (C=O) groups is 1. The van der Waals surface area contributed by atoms with Crippen LogP contribution < -0.4 is 5.32 Å². The molecule has 0 fully saturated rings. The maximum atomic E-state index is 12.2. The largest absolute Gasteiger partial charge is 0.469 e. The van der Waals surface area contributed by atoms with Gasteiger partial charge in [0.2, 0.25) is 0 Å². The molecule has 3 rings (SSSR count). The Bertz CT molecular complexity index is 846. The maximum Gasteiger partial charge on any atom is 0.310 e. The molecule has 0 saturated heterocycles. The Balaban J connectivity index is 1.65. The third-order valence-electron chi connectivity index (χ3n) is 4.67. The highest BCUT2D eigenvalue weighted by atomic mass is 16.5. The third-order valence-corrected chi connectivity index (χ3v) is 4.67. The van der Waals surface area contributed by atoms with Crippen molar-refractivity contribution in [3.05, 3.63) is 78.0 Å². The van der Waals surface area contributed by atoms with Crippen LogP contribution in [-0.2, 0) is 16.0 Å². The minimum atomic E-state index is -0.287. The van der Waals surface area contributed by atoms with Gasteiger partial charge in [-0.1, -0.05) is 60.7 Å². The van der Waals surface area contributed by atoms with Crippen LogP contribution in [0, 0.1) is 5.92 Å². The number of ether oxygens (including phenoxy) is 1. The first-order valence-corrected chi connectivity index (χ1v) is 9.13. The number of carbonyl (C=O) groups excluding carboxylic acids is 1. The summed E-state index contributed by atoms with van der Waals surface area (Å²) < 4.78 is 5.00. The number of nitrogens with one attached hydrogen (secondary N) is 2. The van der Waals surface area contributed by atoms with Crippen LogP contribution in [0.2, 0.25) is 0 Å². The molecule has 2 aromatic carbocycles. The van der Waals surface area contributed by atoms with Crippen LogP contribution in [0.15, 0.2) is 66.7 Å². The predicted molar refractivity (Wildman–Crippen MR) is 106 cm³/mol. The van der Waals surface area contributed by atoms with Crippen LogP contribution >= 0.6 is 0 Å². The monoisotopic (exact) mass is 363 g/mol. The van der Waals surface area contributed by atoms with E-state index in [1.165, 1.54) is 12.7 Å². The highest BCUT2D eigenvalue weighted by molar-refractivity contribution is 5.73. The van der Waals surface area contributed by atoms with Gasteiger partial charge in [-0.2, -0.15) is 5.10 Å². The van der Waals surface area contributed by atoms with Crippen LogP contribution in [0.25, 0.3) is 11.3 Å². The van der Waals surface area contributed by atoms with Crippen molar-refractivity contribution in [1.82, 2.24) is 15.5 Å². The van der Waals surface area contributed by atoms with Gasteiger partial charge in [-0.3, -0.25) is 9.89 Å². The maximum absolute atomic E-state index is 12.2. The quantitative estimate of drug-likeness (QED) is 0.598. The van der Waals surface area contributed by atoms with Gasteiger partial charge in [0.25, 0.3) is 0 Å². The summed E-state index contributed by atoms with van der Waals surface area (Å²) in [7, 11) is 1.43. The van der Waals surface area contributed by atoms with Crippen molar-refractivity contribution >= 4 is 5.97 Å². The van der Waals surface area contributed by atoms with Crippen molar-refractivity contribution in [2.75, 3.05) is 13.7 Å². The number of methoxy groups -OCH3 is 1. The van der Waals surface area contributed by atoms with Gasteiger partial charge in [0, 0.05) is 30.3 Å². The van der Waals surface area contributed by atoms with Crippen molar-refractivity contribution < 1.29 is 9.53 Å². The second kappa shape index (κ2) is 9.14. The van der Waals surface area contributed by atoms with Gasteiger partial charge in [0.1, 0.15) is 0 Å². The van der Waals surface area contributed by atoms with E-state index in [-0.39, 0.29) is 17.9 Å². The Morgan fingerprint density at radius 1 is 1.11 bits per heavy atom. The lowest BCUT2D eigenvalue weighted by Gasteiger charge is -2.19. The molecule has 0 unspecified atom stereocenters. The lowest BCUT2D eigenvalue weighted by atomic mass is 10.0. The van der Waals surface area contributed by atoms with Crippen LogP contribution in [0.1, 0.15) is 24.2 Å². The molecular formula is C22H25N3O2. The van der Waals surface area contributed by atoms with Crippen molar-refractivity contribution in [2.45, 2.75) is 19.4 Å². The minimum absolute atomic E-state index is 0.153. The van der Waals surface area contributed by atoms with E-state index in [9.17, 15) is 4.79 Å². The molecule has 5 heteroatoms. The van der Waals surface area contributed by atoms with Crippen LogP contribution in [0.5, 0.6) is 0 Å². The van der Waals surface area contributed by atoms with Crippen LogP contribution in [-0.4, -0.2) is 29.8 Å². The zero-order valence-corrected chi connectivity index (χ0v) is 15.7. The molecule has 0 bridgehead atoms. The smallest absolute Gasteiger partial charge is 0.310 e. The van der Waals surface area contributed by atoms with E-state index in [1.807, 2.05) is 54.6 Å². The molecule has 0 aliphatic heterocycles. The molecule has 27 heavy (non-hydrogen) atoms. The number of H-pyrrole nitrogens is 1. The Kier molecular flexibility index (Phi) is 6.39. The van der Waals surface area contributed by atoms with Gasteiger partial charge >= 0.3 is 5.97 Å². The summed E-state index contributed by atoms with van der Waals surface area (Å²) in [6.45, 7) is 2.62. The van der Waals surface area contributed by atoms with E-state index in [1.54, 1.807) is 0 Å². The molecule has 1 aromatic heterocycles. The fraction of sp³-hybridized carbons (Fsp3) is 0.273. The highest BCUT2D eigenvalue weighted by Gasteiger charge is 2.22. The molecule has 0 spiro atoms. The zero-order chi connectivity index (χ0) is 19.1. The van der Waals surface area contributed by atoms with Crippen molar-refractivity contribution in [1.29, 1.82) is 0 Å².